The molecule has 1 N–H and O–H groups in total. The van der Waals surface area contributed by atoms with Crippen LogP contribution in [0.2, 0.25) is 0 Å². The normalized spacial score (nSPS) is 12.4. The summed E-state index contributed by atoms with van der Waals surface area (Å²) in [5, 5.41) is 2.90. The monoisotopic (exact) mass is 436 g/mol. The first-order valence-corrected chi connectivity index (χ1v) is 11.7. The van der Waals surface area contributed by atoms with Crippen LogP contribution in [0.25, 0.3) is 0 Å². The third-order valence-electron chi connectivity index (χ3n) is 5.14. The van der Waals surface area contributed by atoms with Gasteiger partial charge < -0.3 is 5.32 Å². The smallest absolute Gasteiger partial charge is 0.264 e. The molecule has 0 saturated heterocycles. The zero-order valence-corrected chi connectivity index (χ0v) is 18.8. The molecule has 0 saturated carbocycles. The number of nitrogens with one attached hydrogen (secondary N) is 1. The van der Waals surface area contributed by atoms with Gasteiger partial charge in [-0.15, -0.1) is 0 Å². The van der Waals surface area contributed by atoms with E-state index in [0.29, 0.717) is 11.6 Å². The lowest BCUT2D eigenvalue weighted by Crippen LogP contribution is -2.41. The minimum absolute atomic E-state index is 0.145. The first kappa shape index (κ1) is 22.6. The number of amides is 1. The van der Waals surface area contributed by atoms with Gasteiger partial charge in [-0.2, -0.15) is 0 Å². The van der Waals surface area contributed by atoms with Gasteiger partial charge in [0.1, 0.15) is 6.54 Å². The Morgan fingerprint density at radius 1 is 0.806 bits per heavy atom. The molecular weight excluding hydrogens is 408 g/mol. The number of carbonyl (C=O) groups is 1. The molecule has 0 heterocycles. The molecule has 1 unspecified atom stereocenters. The lowest BCUT2D eigenvalue weighted by molar-refractivity contribution is -0.120. The van der Waals surface area contributed by atoms with E-state index >= 15 is 0 Å². The molecule has 0 bridgehead atoms. The Labute approximate surface area is 184 Å². The molecule has 3 aromatic rings. The molecule has 0 aliphatic carbocycles. The summed E-state index contributed by atoms with van der Waals surface area (Å²) in [6.45, 7) is 5.72. The number of carbonyl (C=O) groups excluding carboxylic acids is 1. The number of rotatable bonds is 8. The van der Waals surface area contributed by atoms with Crippen molar-refractivity contribution in [2.45, 2.75) is 37.6 Å². The minimum Gasteiger partial charge on any atom is -0.348 e. The van der Waals surface area contributed by atoms with Crippen LogP contribution in [0.5, 0.6) is 0 Å². The van der Waals surface area contributed by atoms with Crippen molar-refractivity contribution in [3.8, 4) is 0 Å². The van der Waals surface area contributed by atoms with E-state index < -0.39 is 10.0 Å². The molecule has 0 radical (unpaired) electrons. The standard InChI is InChI=1S/C25H28N2O3S/c1-19(2)21-14-16-23(17-15-21)27(31(29,30)24-12-8-5-9-13-24)18-25(28)26-20(3)22-10-6-4-7-11-22/h4-17,19-20H,18H2,1-3H3,(H,26,28). The van der Waals surface area contributed by atoms with Crippen LogP contribution in [0.3, 0.4) is 0 Å². The maximum absolute atomic E-state index is 13.4. The lowest BCUT2D eigenvalue weighted by atomic mass is 10.0. The largest absolute Gasteiger partial charge is 0.348 e. The zero-order valence-electron chi connectivity index (χ0n) is 18.0. The lowest BCUT2D eigenvalue weighted by Gasteiger charge is -2.25. The van der Waals surface area contributed by atoms with Crippen LogP contribution in [0.1, 0.15) is 43.9 Å². The van der Waals surface area contributed by atoms with Gasteiger partial charge in [0, 0.05) is 0 Å². The molecule has 1 atom stereocenters. The van der Waals surface area contributed by atoms with Crippen molar-refractivity contribution in [2.24, 2.45) is 0 Å². The van der Waals surface area contributed by atoms with E-state index in [-0.39, 0.29) is 23.4 Å². The van der Waals surface area contributed by atoms with E-state index in [1.807, 2.05) is 49.4 Å². The van der Waals surface area contributed by atoms with Crippen molar-refractivity contribution < 1.29 is 13.2 Å². The fraction of sp³-hybridized carbons (Fsp3) is 0.240. The van der Waals surface area contributed by atoms with Gasteiger partial charge in [0.15, 0.2) is 0 Å². The van der Waals surface area contributed by atoms with Crippen molar-refractivity contribution >= 4 is 21.6 Å². The molecule has 162 valence electrons. The minimum atomic E-state index is -3.91. The Hall–Kier alpha value is -3.12. The molecule has 1 amide bonds. The average Bonchev–Trinajstić information content (AvgIpc) is 2.78. The molecule has 3 aromatic carbocycles. The van der Waals surface area contributed by atoms with E-state index in [1.54, 1.807) is 30.3 Å². The Balaban J connectivity index is 1.89. The van der Waals surface area contributed by atoms with Gasteiger partial charge in [0.2, 0.25) is 5.91 Å². The summed E-state index contributed by atoms with van der Waals surface area (Å²) in [7, 11) is -3.91. The van der Waals surface area contributed by atoms with Crippen molar-refractivity contribution in [2.75, 3.05) is 10.8 Å². The molecule has 0 aliphatic heterocycles. The topological polar surface area (TPSA) is 66.5 Å². The van der Waals surface area contributed by atoms with Crippen LogP contribution in [0, 0.1) is 0 Å². The molecule has 0 aromatic heterocycles. The van der Waals surface area contributed by atoms with Crippen LogP contribution >= 0.6 is 0 Å². The summed E-state index contributed by atoms with van der Waals surface area (Å²) >= 11 is 0. The van der Waals surface area contributed by atoms with Crippen molar-refractivity contribution in [1.82, 2.24) is 5.32 Å². The summed E-state index contributed by atoms with van der Waals surface area (Å²) < 4.78 is 27.9. The van der Waals surface area contributed by atoms with E-state index in [9.17, 15) is 13.2 Å². The second kappa shape index (κ2) is 9.79. The van der Waals surface area contributed by atoms with Crippen molar-refractivity contribution in [3.05, 3.63) is 96.1 Å². The maximum Gasteiger partial charge on any atom is 0.264 e. The summed E-state index contributed by atoms with van der Waals surface area (Å²) in [5.41, 5.74) is 2.51. The highest BCUT2D eigenvalue weighted by atomic mass is 32.2. The highest BCUT2D eigenvalue weighted by Crippen LogP contribution is 2.26. The van der Waals surface area contributed by atoms with E-state index in [2.05, 4.69) is 19.2 Å². The fourth-order valence-electron chi connectivity index (χ4n) is 3.30. The number of sulfonamides is 1. The van der Waals surface area contributed by atoms with E-state index in [1.165, 1.54) is 16.4 Å². The summed E-state index contributed by atoms with van der Waals surface area (Å²) in [5.74, 6) is -0.0490. The molecule has 0 aliphatic rings. The third kappa shape index (κ3) is 5.52. The zero-order chi connectivity index (χ0) is 22.4. The highest BCUT2D eigenvalue weighted by Gasteiger charge is 2.27. The predicted molar refractivity (Wildman–Crippen MR) is 125 cm³/mol. The summed E-state index contributed by atoms with van der Waals surface area (Å²) in [4.78, 5) is 13.0. The molecular formula is C25H28N2O3S. The number of benzene rings is 3. The Bertz CT molecular complexity index is 1100. The number of anilines is 1. The molecule has 3 rings (SSSR count). The van der Waals surface area contributed by atoms with E-state index in [0.717, 1.165) is 11.1 Å². The quantitative estimate of drug-likeness (QED) is 0.547. The van der Waals surface area contributed by atoms with Crippen LogP contribution in [-0.4, -0.2) is 20.9 Å². The van der Waals surface area contributed by atoms with Crippen LogP contribution in [0.15, 0.2) is 89.8 Å². The second-order valence-electron chi connectivity index (χ2n) is 7.77. The van der Waals surface area contributed by atoms with Crippen LogP contribution < -0.4 is 9.62 Å². The van der Waals surface area contributed by atoms with Gasteiger partial charge in [-0.05, 0) is 48.2 Å². The van der Waals surface area contributed by atoms with E-state index in [4.69, 9.17) is 0 Å². The Kier molecular flexibility index (Phi) is 7.13. The van der Waals surface area contributed by atoms with Gasteiger partial charge in [-0.1, -0.05) is 74.5 Å². The van der Waals surface area contributed by atoms with Gasteiger partial charge in [-0.3, -0.25) is 9.10 Å². The van der Waals surface area contributed by atoms with Gasteiger partial charge in [0.05, 0.1) is 16.6 Å². The first-order valence-electron chi connectivity index (χ1n) is 10.3. The third-order valence-corrected chi connectivity index (χ3v) is 6.93. The summed E-state index contributed by atoms with van der Waals surface area (Å²) in [6.07, 6.45) is 0. The fourth-order valence-corrected chi connectivity index (χ4v) is 4.74. The first-order chi connectivity index (χ1) is 14.8. The highest BCUT2D eigenvalue weighted by molar-refractivity contribution is 7.92. The average molecular weight is 437 g/mol. The Morgan fingerprint density at radius 2 is 1.35 bits per heavy atom. The van der Waals surface area contributed by atoms with Crippen molar-refractivity contribution in [3.63, 3.8) is 0 Å². The number of hydrogen-bond donors (Lipinski definition) is 1. The SMILES string of the molecule is CC(C)c1ccc(N(CC(=O)NC(C)c2ccccc2)S(=O)(=O)c2ccccc2)cc1. The van der Waals surface area contributed by atoms with Crippen LogP contribution in [0.4, 0.5) is 5.69 Å². The maximum atomic E-state index is 13.4. The molecule has 0 spiro atoms. The predicted octanol–water partition coefficient (Wildman–Crippen LogP) is 4.88. The van der Waals surface area contributed by atoms with Gasteiger partial charge in [0.25, 0.3) is 10.0 Å². The van der Waals surface area contributed by atoms with Gasteiger partial charge in [-0.25, -0.2) is 8.42 Å². The van der Waals surface area contributed by atoms with Crippen molar-refractivity contribution in [1.29, 1.82) is 0 Å². The number of hydrogen-bond acceptors (Lipinski definition) is 3. The molecule has 5 nitrogen and oxygen atoms in total. The molecule has 31 heavy (non-hydrogen) atoms. The number of nitrogens with zero attached hydrogens (tertiary/aromatic N) is 1. The van der Waals surface area contributed by atoms with Gasteiger partial charge >= 0.3 is 0 Å². The molecule has 6 heteroatoms. The van der Waals surface area contributed by atoms with Crippen LogP contribution in [-0.2, 0) is 14.8 Å². The molecule has 0 fully saturated rings. The summed E-state index contributed by atoms with van der Waals surface area (Å²) in [6, 6.07) is 24.8. The Morgan fingerprint density at radius 3 is 1.90 bits per heavy atom. The second-order valence-corrected chi connectivity index (χ2v) is 9.63.